The zero-order valence-corrected chi connectivity index (χ0v) is 12.5. The molecule has 0 aliphatic heterocycles. The van der Waals surface area contributed by atoms with E-state index in [1.165, 1.54) is 47.7 Å². The molecule has 0 N–H and O–H groups in total. The molecule has 0 unspecified atom stereocenters. The number of rotatable bonds is 4. The minimum absolute atomic E-state index is 0.292. The van der Waals surface area contributed by atoms with Crippen LogP contribution in [-0.4, -0.2) is 22.2 Å². The Bertz CT molecular complexity index is 542. The SMILES string of the molecule is CCS(=O)(=O)[C@](Cl)(I)C(=O)c1ccccc1F. The van der Waals surface area contributed by atoms with Gasteiger partial charge in [0, 0.05) is 0 Å². The Balaban J connectivity index is 3.28. The maximum absolute atomic E-state index is 13.4. The second kappa shape index (κ2) is 5.19. The van der Waals surface area contributed by atoms with Crippen LogP contribution in [0.25, 0.3) is 0 Å². The Morgan fingerprint density at radius 1 is 1.47 bits per heavy atom. The first-order valence-corrected chi connectivity index (χ1v) is 7.74. The van der Waals surface area contributed by atoms with Crippen LogP contribution in [0.3, 0.4) is 0 Å². The smallest absolute Gasteiger partial charge is 0.257 e. The molecule has 7 heteroatoms. The summed E-state index contributed by atoms with van der Waals surface area (Å²) in [5, 5.41) is 0. The number of halogens is 3. The monoisotopic (exact) mass is 390 g/mol. The third kappa shape index (κ3) is 2.79. The number of alkyl halides is 2. The van der Waals surface area contributed by atoms with Gasteiger partial charge in [-0.15, -0.1) is 0 Å². The van der Waals surface area contributed by atoms with Crippen molar-refractivity contribution in [3.63, 3.8) is 0 Å². The van der Waals surface area contributed by atoms with Crippen molar-refractivity contribution in [2.45, 2.75) is 9.14 Å². The van der Waals surface area contributed by atoms with Gasteiger partial charge in [0.15, 0.2) is 9.84 Å². The average molecular weight is 391 g/mol. The van der Waals surface area contributed by atoms with Crippen molar-refractivity contribution in [3.05, 3.63) is 35.6 Å². The summed E-state index contributed by atoms with van der Waals surface area (Å²) in [7, 11) is -3.83. The molecule has 0 saturated carbocycles. The van der Waals surface area contributed by atoms with E-state index in [1.807, 2.05) is 0 Å². The van der Waals surface area contributed by atoms with Gasteiger partial charge >= 0.3 is 0 Å². The third-order valence-electron chi connectivity index (χ3n) is 2.15. The number of sulfone groups is 1. The van der Waals surface area contributed by atoms with Crippen molar-refractivity contribution >= 4 is 49.8 Å². The van der Waals surface area contributed by atoms with Gasteiger partial charge in [-0.05, 0) is 34.7 Å². The van der Waals surface area contributed by atoms with Crippen LogP contribution in [0.4, 0.5) is 4.39 Å². The second-order valence-corrected chi connectivity index (χ2v) is 9.43. The molecular weight excluding hydrogens is 382 g/mol. The molecule has 1 atom stereocenters. The predicted octanol–water partition coefficient (Wildman–Crippen LogP) is 2.77. The second-order valence-electron chi connectivity index (χ2n) is 3.23. The Labute approximate surface area is 117 Å². The number of hydrogen-bond donors (Lipinski definition) is 0. The fourth-order valence-corrected chi connectivity index (χ4v) is 3.53. The molecule has 0 bridgehead atoms. The van der Waals surface area contributed by atoms with Crippen LogP contribution in [0.2, 0.25) is 0 Å². The fourth-order valence-electron chi connectivity index (χ4n) is 1.12. The molecule has 1 rings (SSSR count). The highest BCUT2D eigenvalue weighted by atomic mass is 127. The summed E-state index contributed by atoms with van der Waals surface area (Å²) in [6, 6.07) is 5.13. The van der Waals surface area contributed by atoms with Gasteiger partial charge in [0.1, 0.15) is 5.82 Å². The first-order valence-electron chi connectivity index (χ1n) is 4.63. The largest absolute Gasteiger partial charge is 0.290 e. The van der Waals surface area contributed by atoms with Gasteiger partial charge in [-0.3, -0.25) is 4.79 Å². The van der Waals surface area contributed by atoms with Crippen molar-refractivity contribution in [1.29, 1.82) is 0 Å². The quantitative estimate of drug-likeness (QED) is 0.451. The van der Waals surface area contributed by atoms with Crippen LogP contribution in [0.5, 0.6) is 0 Å². The van der Waals surface area contributed by atoms with E-state index in [2.05, 4.69) is 0 Å². The van der Waals surface area contributed by atoms with Gasteiger partial charge in [-0.2, -0.15) is 0 Å². The lowest BCUT2D eigenvalue weighted by Crippen LogP contribution is -2.36. The molecular formula is C10H9ClFIO3S. The van der Waals surface area contributed by atoms with Crippen molar-refractivity contribution in [2.75, 3.05) is 5.75 Å². The molecule has 94 valence electrons. The van der Waals surface area contributed by atoms with Gasteiger partial charge in [-0.1, -0.05) is 30.7 Å². The van der Waals surface area contributed by atoms with E-state index in [4.69, 9.17) is 11.6 Å². The highest BCUT2D eigenvalue weighted by molar-refractivity contribution is 14.1. The standard InChI is InChI=1S/C10H9ClFIO3S/c1-2-17(15,16)10(11,13)9(14)7-5-3-4-6-8(7)12/h3-6H,2H2,1H3/t10-/m1/s1. The number of hydrogen-bond acceptors (Lipinski definition) is 3. The zero-order valence-electron chi connectivity index (χ0n) is 8.78. The molecule has 0 radical (unpaired) electrons. The number of Topliss-reactive ketones (excluding diaryl/α,β-unsaturated/α-hetero) is 1. The Kier molecular flexibility index (Phi) is 4.54. The van der Waals surface area contributed by atoms with Gasteiger partial charge in [0.25, 0.3) is 2.21 Å². The van der Waals surface area contributed by atoms with Crippen LogP contribution < -0.4 is 0 Å². The molecule has 0 spiro atoms. The van der Waals surface area contributed by atoms with E-state index in [1.54, 1.807) is 0 Å². The maximum atomic E-state index is 13.4. The summed E-state index contributed by atoms with van der Waals surface area (Å²) in [5.41, 5.74) is -0.325. The number of carbonyl (C=O) groups excluding carboxylic acids is 1. The molecule has 0 fully saturated rings. The highest BCUT2D eigenvalue weighted by Gasteiger charge is 2.46. The highest BCUT2D eigenvalue weighted by Crippen LogP contribution is 2.36. The van der Waals surface area contributed by atoms with E-state index in [0.717, 1.165) is 6.07 Å². The molecule has 3 nitrogen and oxygen atoms in total. The Morgan fingerprint density at radius 3 is 2.47 bits per heavy atom. The van der Waals surface area contributed by atoms with Gasteiger partial charge in [0.2, 0.25) is 5.78 Å². The minimum atomic E-state index is -3.83. The number of benzene rings is 1. The van der Waals surface area contributed by atoms with Crippen molar-refractivity contribution in [3.8, 4) is 0 Å². The van der Waals surface area contributed by atoms with E-state index in [9.17, 15) is 17.6 Å². The minimum Gasteiger partial charge on any atom is -0.290 e. The number of carbonyl (C=O) groups is 1. The molecule has 0 heterocycles. The van der Waals surface area contributed by atoms with Crippen LogP contribution in [0.15, 0.2) is 24.3 Å². The summed E-state index contributed by atoms with van der Waals surface area (Å²) in [6.45, 7) is 1.37. The lowest BCUT2D eigenvalue weighted by Gasteiger charge is -2.18. The van der Waals surface area contributed by atoms with Crippen LogP contribution in [0.1, 0.15) is 17.3 Å². The summed E-state index contributed by atoms with van der Waals surface area (Å²) in [6.07, 6.45) is 0. The molecule has 0 aromatic heterocycles. The Hall–Kier alpha value is -0.210. The fraction of sp³-hybridized carbons (Fsp3) is 0.300. The van der Waals surface area contributed by atoms with Crippen molar-refractivity contribution in [1.82, 2.24) is 0 Å². The average Bonchev–Trinajstić information content (AvgIpc) is 2.28. The van der Waals surface area contributed by atoms with Gasteiger partial charge < -0.3 is 0 Å². The lowest BCUT2D eigenvalue weighted by atomic mass is 10.1. The van der Waals surface area contributed by atoms with Gasteiger partial charge in [-0.25, -0.2) is 12.8 Å². The third-order valence-corrected chi connectivity index (χ3v) is 7.26. The molecule has 0 aliphatic carbocycles. The molecule has 0 saturated heterocycles. The normalized spacial score (nSPS) is 15.3. The molecule has 1 aromatic rings. The summed E-state index contributed by atoms with van der Waals surface area (Å²) in [4.78, 5) is 11.9. The van der Waals surface area contributed by atoms with E-state index in [0.29, 0.717) is 0 Å². The van der Waals surface area contributed by atoms with Crippen LogP contribution >= 0.6 is 34.2 Å². The Morgan fingerprint density at radius 2 is 2.00 bits per heavy atom. The lowest BCUT2D eigenvalue weighted by molar-refractivity contribution is 0.0998. The molecule has 1 aromatic carbocycles. The summed E-state index contributed by atoms with van der Waals surface area (Å²) in [5.74, 6) is -2.04. The zero-order chi connectivity index (χ0) is 13.3. The van der Waals surface area contributed by atoms with E-state index in [-0.39, 0.29) is 11.3 Å². The molecule has 17 heavy (non-hydrogen) atoms. The first-order chi connectivity index (χ1) is 7.74. The predicted molar refractivity (Wildman–Crippen MR) is 72.8 cm³/mol. The van der Waals surface area contributed by atoms with E-state index >= 15 is 0 Å². The van der Waals surface area contributed by atoms with Crippen molar-refractivity contribution in [2.24, 2.45) is 0 Å². The summed E-state index contributed by atoms with van der Waals surface area (Å²) >= 11 is 7.09. The molecule has 0 aliphatic rings. The first kappa shape index (κ1) is 14.8. The van der Waals surface area contributed by atoms with Crippen LogP contribution in [-0.2, 0) is 9.84 Å². The summed E-state index contributed by atoms with van der Waals surface area (Å²) < 4.78 is 34.5. The number of ketones is 1. The van der Waals surface area contributed by atoms with Gasteiger partial charge in [0.05, 0.1) is 11.3 Å². The van der Waals surface area contributed by atoms with E-state index < -0.39 is 23.7 Å². The topological polar surface area (TPSA) is 51.2 Å². The van der Waals surface area contributed by atoms with Crippen molar-refractivity contribution < 1.29 is 17.6 Å². The maximum Gasteiger partial charge on any atom is 0.257 e. The van der Waals surface area contributed by atoms with Crippen LogP contribution in [0, 0.1) is 5.82 Å². The molecule has 0 amide bonds.